The first-order valence-electron chi connectivity index (χ1n) is 5.86. The molecule has 18 heavy (non-hydrogen) atoms. The molecule has 0 radical (unpaired) electrons. The van der Waals surface area contributed by atoms with Crippen molar-refractivity contribution in [1.82, 2.24) is 0 Å². The summed E-state index contributed by atoms with van der Waals surface area (Å²) in [7, 11) is 0. The summed E-state index contributed by atoms with van der Waals surface area (Å²) in [6.07, 6.45) is 0. The molecule has 2 aromatic rings. The Hall–Kier alpha value is -1.51. The molecular formula is C15H16ClNO. The summed E-state index contributed by atoms with van der Waals surface area (Å²) in [4.78, 5) is 0. The van der Waals surface area contributed by atoms with Gasteiger partial charge in [0, 0.05) is 17.1 Å². The summed E-state index contributed by atoms with van der Waals surface area (Å²) in [5.41, 5.74) is 8.78. The highest BCUT2D eigenvalue weighted by atomic mass is 35.5. The minimum atomic E-state index is 0.465. The van der Waals surface area contributed by atoms with Crippen LogP contribution in [-0.4, -0.2) is 0 Å². The van der Waals surface area contributed by atoms with Gasteiger partial charge >= 0.3 is 0 Å². The second-order valence-corrected chi connectivity index (χ2v) is 4.64. The third-order valence-electron chi connectivity index (χ3n) is 2.74. The van der Waals surface area contributed by atoms with Gasteiger partial charge in [-0.2, -0.15) is 0 Å². The van der Waals surface area contributed by atoms with E-state index in [1.54, 1.807) is 0 Å². The summed E-state index contributed by atoms with van der Waals surface area (Å²) in [6, 6.07) is 13.7. The van der Waals surface area contributed by atoms with Gasteiger partial charge in [0.25, 0.3) is 0 Å². The molecule has 0 unspecified atom stereocenters. The lowest BCUT2D eigenvalue weighted by Gasteiger charge is -2.09. The van der Waals surface area contributed by atoms with Gasteiger partial charge in [0.05, 0.1) is 0 Å². The first-order valence-corrected chi connectivity index (χ1v) is 6.23. The number of aryl methyl sites for hydroxylation is 1. The Labute approximate surface area is 112 Å². The van der Waals surface area contributed by atoms with Gasteiger partial charge in [-0.1, -0.05) is 35.9 Å². The number of nitrogens with two attached hydrogens (primary N) is 1. The van der Waals surface area contributed by atoms with Crippen molar-refractivity contribution in [2.45, 2.75) is 20.1 Å². The topological polar surface area (TPSA) is 35.2 Å². The molecule has 0 aromatic heterocycles. The zero-order chi connectivity index (χ0) is 13.0. The Morgan fingerprint density at radius 3 is 2.72 bits per heavy atom. The first-order chi connectivity index (χ1) is 8.69. The molecule has 0 aliphatic carbocycles. The summed E-state index contributed by atoms with van der Waals surface area (Å²) in [6.45, 7) is 3.00. The highest BCUT2D eigenvalue weighted by molar-refractivity contribution is 6.31. The maximum absolute atomic E-state index is 6.15. The number of hydrogen-bond donors (Lipinski definition) is 1. The zero-order valence-corrected chi connectivity index (χ0v) is 11.1. The highest BCUT2D eigenvalue weighted by Crippen LogP contribution is 2.20. The molecule has 2 nitrogen and oxygen atoms in total. The average Bonchev–Trinajstić information content (AvgIpc) is 2.38. The molecule has 0 atom stereocenters. The lowest BCUT2D eigenvalue weighted by Crippen LogP contribution is -1.99. The van der Waals surface area contributed by atoms with E-state index in [0.29, 0.717) is 13.2 Å². The van der Waals surface area contributed by atoms with Crippen LogP contribution in [0.15, 0.2) is 42.5 Å². The van der Waals surface area contributed by atoms with Gasteiger partial charge in [0.1, 0.15) is 12.4 Å². The molecule has 0 bridgehead atoms. The van der Waals surface area contributed by atoms with Crippen molar-refractivity contribution < 1.29 is 4.74 Å². The van der Waals surface area contributed by atoms with E-state index in [0.717, 1.165) is 27.5 Å². The van der Waals surface area contributed by atoms with Crippen molar-refractivity contribution in [3.05, 3.63) is 64.2 Å². The second-order valence-electron chi connectivity index (χ2n) is 4.24. The SMILES string of the molecule is Cc1ccc(COc2cccc(CN)c2)c(Cl)c1. The third kappa shape index (κ3) is 3.25. The lowest BCUT2D eigenvalue weighted by molar-refractivity contribution is 0.306. The Balaban J connectivity index is 2.06. The lowest BCUT2D eigenvalue weighted by atomic mass is 10.1. The van der Waals surface area contributed by atoms with Crippen LogP contribution < -0.4 is 10.5 Å². The first kappa shape index (κ1) is 12.9. The molecule has 0 saturated carbocycles. The van der Waals surface area contributed by atoms with Crippen LogP contribution in [-0.2, 0) is 13.2 Å². The molecular weight excluding hydrogens is 246 g/mol. The highest BCUT2D eigenvalue weighted by Gasteiger charge is 2.02. The van der Waals surface area contributed by atoms with Crippen LogP contribution in [0.25, 0.3) is 0 Å². The average molecular weight is 262 g/mol. The van der Waals surface area contributed by atoms with Gasteiger partial charge in [0.15, 0.2) is 0 Å². The van der Waals surface area contributed by atoms with Crippen molar-refractivity contribution >= 4 is 11.6 Å². The fourth-order valence-electron chi connectivity index (χ4n) is 1.69. The van der Waals surface area contributed by atoms with E-state index < -0.39 is 0 Å². The van der Waals surface area contributed by atoms with E-state index in [9.17, 15) is 0 Å². The number of halogens is 1. The summed E-state index contributed by atoms with van der Waals surface area (Å²) >= 11 is 6.15. The molecule has 2 rings (SSSR count). The monoisotopic (exact) mass is 261 g/mol. The molecule has 0 spiro atoms. The van der Waals surface area contributed by atoms with Crippen LogP contribution in [0.5, 0.6) is 5.75 Å². The van der Waals surface area contributed by atoms with Crippen molar-refractivity contribution in [2.24, 2.45) is 5.73 Å². The molecule has 2 N–H and O–H groups in total. The number of hydrogen-bond acceptors (Lipinski definition) is 2. The standard InChI is InChI=1S/C15H16ClNO/c1-11-5-6-13(15(16)7-11)10-18-14-4-2-3-12(8-14)9-17/h2-8H,9-10,17H2,1H3. The van der Waals surface area contributed by atoms with Crippen LogP contribution in [0.1, 0.15) is 16.7 Å². The van der Waals surface area contributed by atoms with E-state index in [2.05, 4.69) is 0 Å². The van der Waals surface area contributed by atoms with Gasteiger partial charge in [0.2, 0.25) is 0 Å². The quantitative estimate of drug-likeness (QED) is 0.911. The van der Waals surface area contributed by atoms with E-state index in [1.165, 1.54) is 0 Å². The van der Waals surface area contributed by atoms with Crippen molar-refractivity contribution in [3.63, 3.8) is 0 Å². The number of benzene rings is 2. The Kier molecular flexibility index (Phi) is 4.24. The Bertz CT molecular complexity index is 540. The summed E-state index contributed by atoms with van der Waals surface area (Å²) in [5, 5.41) is 0.741. The third-order valence-corrected chi connectivity index (χ3v) is 3.09. The molecule has 0 saturated heterocycles. The minimum Gasteiger partial charge on any atom is -0.489 e. The van der Waals surface area contributed by atoms with Crippen LogP contribution in [0.3, 0.4) is 0 Å². The molecule has 0 amide bonds. The maximum atomic E-state index is 6.15. The van der Waals surface area contributed by atoms with Crippen LogP contribution >= 0.6 is 11.6 Å². The van der Waals surface area contributed by atoms with Crippen molar-refractivity contribution in [1.29, 1.82) is 0 Å². The molecule has 3 heteroatoms. The molecule has 2 aromatic carbocycles. The van der Waals surface area contributed by atoms with Crippen LogP contribution in [0.4, 0.5) is 0 Å². The molecule has 0 aliphatic heterocycles. The Morgan fingerprint density at radius 2 is 2.00 bits per heavy atom. The number of rotatable bonds is 4. The fourth-order valence-corrected chi connectivity index (χ4v) is 1.98. The minimum absolute atomic E-state index is 0.465. The fraction of sp³-hybridized carbons (Fsp3) is 0.200. The summed E-state index contributed by atoms with van der Waals surface area (Å²) < 4.78 is 5.72. The van der Waals surface area contributed by atoms with E-state index in [-0.39, 0.29) is 0 Å². The van der Waals surface area contributed by atoms with Crippen molar-refractivity contribution in [3.8, 4) is 5.75 Å². The van der Waals surface area contributed by atoms with Gasteiger partial charge in [-0.3, -0.25) is 0 Å². The summed E-state index contributed by atoms with van der Waals surface area (Å²) in [5.74, 6) is 0.814. The number of ether oxygens (including phenoxy) is 1. The molecule has 94 valence electrons. The van der Waals surface area contributed by atoms with Crippen LogP contribution in [0.2, 0.25) is 5.02 Å². The van der Waals surface area contributed by atoms with E-state index in [1.807, 2.05) is 49.4 Å². The second kappa shape index (κ2) is 5.89. The normalized spacial score (nSPS) is 10.4. The van der Waals surface area contributed by atoms with Crippen LogP contribution in [0, 0.1) is 6.92 Å². The predicted octanol–water partition coefficient (Wildman–Crippen LogP) is 3.69. The van der Waals surface area contributed by atoms with Gasteiger partial charge in [-0.25, -0.2) is 0 Å². The van der Waals surface area contributed by atoms with Gasteiger partial charge in [-0.05, 0) is 36.2 Å². The van der Waals surface area contributed by atoms with E-state index >= 15 is 0 Å². The van der Waals surface area contributed by atoms with E-state index in [4.69, 9.17) is 22.1 Å². The predicted molar refractivity (Wildman–Crippen MR) is 74.9 cm³/mol. The largest absolute Gasteiger partial charge is 0.489 e. The molecule has 0 fully saturated rings. The molecule has 0 aliphatic rings. The maximum Gasteiger partial charge on any atom is 0.120 e. The van der Waals surface area contributed by atoms with Gasteiger partial charge in [-0.15, -0.1) is 0 Å². The smallest absolute Gasteiger partial charge is 0.120 e. The molecule has 0 heterocycles. The van der Waals surface area contributed by atoms with Gasteiger partial charge < -0.3 is 10.5 Å². The van der Waals surface area contributed by atoms with Crippen molar-refractivity contribution in [2.75, 3.05) is 0 Å². The zero-order valence-electron chi connectivity index (χ0n) is 10.3. The Morgan fingerprint density at radius 1 is 1.17 bits per heavy atom.